The Bertz CT molecular complexity index is 442. The average molecular weight is 300 g/mol. The Labute approximate surface area is 124 Å². The number of anilines is 1. The maximum absolute atomic E-state index is 12.6. The molecule has 1 aliphatic heterocycles. The molecule has 1 fully saturated rings. The number of benzene rings is 1. The zero-order valence-electron chi connectivity index (χ0n) is 12.6. The summed E-state index contributed by atoms with van der Waals surface area (Å²) >= 11 is 0. The number of rotatable bonds is 3. The van der Waals surface area contributed by atoms with Crippen molar-refractivity contribution >= 4 is 5.69 Å². The lowest BCUT2D eigenvalue weighted by molar-refractivity contribution is -0.137. The number of hydrogen-bond acceptors (Lipinski definition) is 2. The molecule has 0 aliphatic carbocycles. The summed E-state index contributed by atoms with van der Waals surface area (Å²) in [6, 6.07) is 5.90. The predicted octanol–water partition coefficient (Wildman–Crippen LogP) is 3.92. The van der Waals surface area contributed by atoms with Crippen LogP contribution in [0.1, 0.15) is 32.3 Å². The molecule has 0 saturated carbocycles. The first kappa shape index (κ1) is 16.1. The maximum Gasteiger partial charge on any atom is 0.416 e. The zero-order valence-corrected chi connectivity index (χ0v) is 12.6. The largest absolute Gasteiger partial charge is 0.416 e. The third-order valence-corrected chi connectivity index (χ3v) is 4.32. The van der Waals surface area contributed by atoms with Gasteiger partial charge in [-0.2, -0.15) is 13.2 Å². The number of hydrogen-bond donors (Lipinski definition) is 1. The van der Waals surface area contributed by atoms with Crippen molar-refractivity contribution in [2.75, 3.05) is 24.5 Å². The summed E-state index contributed by atoms with van der Waals surface area (Å²) in [4.78, 5) is 2.19. The van der Waals surface area contributed by atoms with E-state index in [1.54, 1.807) is 12.1 Å². The molecule has 2 rings (SSSR count). The Hall–Kier alpha value is -1.23. The Morgan fingerprint density at radius 1 is 1.29 bits per heavy atom. The fraction of sp³-hybridized carbons (Fsp3) is 0.625. The molecule has 2 nitrogen and oxygen atoms in total. The monoisotopic (exact) mass is 300 g/mol. The van der Waals surface area contributed by atoms with Crippen LogP contribution in [-0.4, -0.2) is 25.7 Å². The van der Waals surface area contributed by atoms with Gasteiger partial charge in [-0.25, -0.2) is 0 Å². The molecule has 0 amide bonds. The van der Waals surface area contributed by atoms with Crippen LogP contribution in [0.15, 0.2) is 24.3 Å². The van der Waals surface area contributed by atoms with Gasteiger partial charge in [-0.1, -0.05) is 20.3 Å². The molecule has 0 radical (unpaired) electrons. The SMILES string of the molecule is CCC(C)C1CN(c2ccc(C(F)(F)F)cc2)CCCN1. The summed E-state index contributed by atoms with van der Waals surface area (Å²) in [6.07, 6.45) is -2.16. The molecular weight excluding hydrogens is 277 g/mol. The molecular formula is C16H23F3N2. The molecule has 1 aromatic rings. The first-order chi connectivity index (χ1) is 9.91. The Balaban J connectivity index is 2.12. The van der Waals surface area contributed by atoms with Gasteiger partial charge in [0.1, 0.15) is 0 Å². The van der Waals surface area contributed by atoms with E-state index in [9.17, 15) is 13.2 Å². The molecule has 1 aliphatic rings. The average Bonchev–Trinajstić information content (AvgIpc) is 2.71. The fourth-order valence-electron chi connectivity index (χ4n) is 2.71. The molecule has 118 valence electrons. The first-order valence-electron chi connectivity index (χ1n) is 7.57. The molecule has 1 N–H and O–H groups in total. The number of nitrogens with zero attached hydrogens (tertiary/aromatic N) is 1. The van der Waals surface area contributed by atoms with Gasteiger partial charge in [-0.3, -0.25) is 0 Å². The van der Waals surface area contributed by atoms with Gasteiger partial charge in [0.2, 0.25) is 0 Å². The molecule has 0 bridgehead atoms. The summed E-state index contributed by atoms with van der Waals surface area (Å²) in [6.45, 7) is 7.07. The van der Waals surface area contributed by atoms with Gasteiger partial charge in [0.25, 0.3) is 0 Å². The van der Waals surface area contributed by atoms with E-state index in [-0.39, 0.29) is 0 Å². The quantitative estimate of drug-likeness (QED) is 0.910. The zero-order chi connectivity index (χ0) is 15.5. The van der Waals surface area contributed by atoms with Crippen molar-refractivity contribution in [1.82, 2.24) is 5.32 Å². The number of nitrogens with one attached hydrogen (secondary N) is 1. The molecule has 1 aromatic carbocycles. The van der Waals surface area contributed by atoms with Gasteiger partial charge in [0.15, 0.2) is 0 Å². The second-order valence-corrected chi connectivity index (χ2v) is 5.79. The molecule has 21 heavy (non-hydrogen) atoms. The summed E-state index contributed by atoms with van der Waals surface area (Å²) in [7, 11) is 0. The molecule has 2 unspecified atom stereocenters. The molecule has 5 heteroatoms. The lowest BCUT2D eigenvalue weighted by Crippen LogP contribution is -2.42. The third kappa shape index (κ3) is 4.13. The predicted molar refractivity (Wildman–Crippen MR) is 79.5 cm³/mol. The van der Waals surface area contributed by atoms with E-state index >= 15 is 0 Å². The Morgan fingerprint density at radius 3 is 2.52 bits per heavy atom. The lowest BCUT2D eigenvalue weighted by Gasteiger charge is -2.29. The van der Waals surface area contributed by atoms with Crippen LogP contribution in [-0.2, 0) is 6.18 Å². The van der Waals surface area contributed by atoms with Gasteiger partial charge in [0.05, 0.1) is 5.56 Å². The lowest BCUT2D eigenvalue weighted by atomic mass is 9.99. The number of halogens is 3. The smallest absolute Gasteiger partial charge is 0.370 e. The highest BCUT2D eigenvalue weighted by Crippen LogP contribution is 2.30. The van der Waals surface area contributed by atoms with Crippen LogP contribution in [0.5, 0.6) is 0 Å². The molecule has 0 aromatic heterocycles. The van der Waals surface area contributed by atoms with Crippen molar-refractivity contribution in [3.05, 3.63) is 29.8 Å². The minimum Gasteiger partial charge on any atom is -0.370 e. The van der Waals surface area contributed by atoms with Gasteiger partial charge in [-0.05, 0) is 43.1 Å². The first-order valence-corrected chi connectivity index (χ1v) is 7.57. The molecule has 1 saturated heterocycles. The standard InChI is InChI=1S/C16H23F3N2/c1-3-12(2)15-11-21(10-4-9-20-15)14-7-5-13(6-8-14)16(17,18)19/h5-8,12,15,20H,3-4,9-11H2,1-2H3. The highest BCUT2D eigenvalue weighted by Gasteiger charge is 2.30. The molecule has 2 atom stereocenters. The van der Waals surface area contributed by atoms with Gasteiger partial charge >= 0.3 is 6.18 Å². The Morgan fingerprint density at radius 2 is 1.95 bits per heavy atom. The van der Waals surface area contributed by atoms with E-state index in [2.05, 4.69) is 24.1 Å². The normalized spacial score (nSPS) is 22.0. The van der Waals surface area contributed by atoms with Crippen LogP contribution in [0.4, 0.5) is 18.9 Å². The highest BCUT2D eigenvalue weighted by molar-refractivity contribution is 5.48. The van der Waals surface area contributed by atoms with E-state index in [1.807, 2.05) is 0 Å². The topological polar surface area (TPSA) is 15.3 Å². The van der Waals surface area contributed by atoms with E-state index in [1.165, 1.54) is 12.1 Å². The Kier molecular flexibility index (Phi) is 5.14. The van der Waals surface area contributed by atoms with Crippen molar-refractivity contribution in [2.45, 2.75) is 38.9 Å². The van der Waals surface area contributed by atoms with E-state index in [4.69, 9.17) is 0 Å². The van der Waals surface area contributed by atoms with Gasteiger partial charge < -0.3 is 10.2 Å². The second kappa shape index (κ2) is 6.69. The van der Waals surface area contributed by atoms with Crippen LogP contribution in [0, 0.1) is 5.92 Å². The maximum atomic E-state index is 12.6. The summed E-state index contributed by atoms with van der Waals surface area (Å²) in [5.74, 6) is 0.556. The van der Waals surface area contributed by atoms with Gasteiger partial charge in [-0.15, -0.1) is 0 Å². The highest BCUT2D eigenvalue weighted by atomic mass is 19.4. The van der Waals surface area contributed by atoms with Crippen LogP contribution in [0.25, 0.3) is 0 Å². The van der Waals surface area contributed by atoms with Crippen molar-refractivity contribution < 1.29 is 13.2 Å². The molecule has 1 heterocycles. The van der Waals surface area contributed by atoms with Crippen LogP contribution < -0.4 is 10.2 Å². The second-order valence-electron chi connectivity index (χ2n) is 5.79. The van der Waals surface area contributed by atoms with Crippen molar-refractivity contribution in [2.24, 2.45) is 5.92 Å². The summed E-state index contributed by atoms with van der Waals surface area (Å²) in [5, 5.41) is 3.55. The van der Waals surface area contributed by atoms with Crippen molar-refractivity contribution in [3.63, 3.8) is 0 Å². The minimum atomic E-state index is -4.27. The summed E-state index contributed by atoms with van der Waals surface area (Å²) < 4.78 is 37.9. The van der Waals surface area contributed by atoms with Crippen LogP contribution in [0.2, 0.25) is 0 Å². The number of alkyl halides is 3. The van der Waals surface area contributed by atoms with E-state index in [0.717, 1.165) is 38.2 Å². The minimum absolute atomic E-state index is 0.389. The van der Waals surface area contributed by atoms with Crippen LogP contribution in [0.3, 0.4) is 0 Å². The molecule has 0 spiro atoms. The van der Waals surface area contributed by atoms with Crippen molar-refractivity contribution in [3.8, 4) is 0 Å². The van der Waals surface area contributed by atoms with Crippen LogP contribution >= 0.6 is 0 Å². The fourth-order valence-corrected chi connectivity index (χ4v) is 2.71. The third-order valence-electron chi connectivity index (χ3n) is 4.32. The van der Waals surface area contributed by atoms with E-state index < -0.39 is 11.7 Å². The van der Waals surface area contributed by atoms with E-state index in [0.29, 0.717) is 12.0 Å². The summed E-state index contributed by atoms with van der Waals surface area (Å²) in [5.41, 5.74) is 0.290. The van der Waals surface area contributed by atoms with Crippen molar-refractivity contribution in [1.29, 1.82) is 0 Å². The van der Waals surface area contributed by atoms with Gasteiger partial charge in [0, 0.05) is 24.8 Å².